The summed E-state index contributed by atoms with van der Waals surface area (Å²) in [5.41, 5.74) is 10.9. The maximum atomic E-state index is 5.09. The maximum Gasteiger partial charge on any atom is 0.146 e. The molecule has 0 bridgehead atoms. The van der Waals surface area contributed by atoms with Crippen LogP contribution in [-0.4, -0.2) is 18.9 Å². The van der Waals surface area contributed by atoms with Crippen LogP contribution in [0.15, 0.2) is 146 Å². The molecule has 0 saturated carbocycles. The first kappa shape index (κ1) is 23.0. The fraction of sp³-hybridized carbons (Fsp3) is 0. The summed E-state index contributed by atoms with van der Waals surface area (Å²) in [6.45, 7) is 0. The lowest BCUT2D eigenvalue weighted by molar-refractivity contribution is 1.10. The lowest BCUT2D eigenvalue weighted by Gasteiger charge is -2.12. The molecule has 0 aliphatic rings. The number of para-hydroxylation sites is 6. The van der Waals surface area contributed by atoms with E-state index in [0.717, 1.165) is 61.3 Å². The van der Waals surface area contributed by atoms with Crippen molar-refractivity contribution in [1.82, 2.24) is 18.9 Å². The van der Waals surface area contributed by atoms with Gasteiger partial charge in [0.05, 0.1) is 27.6 Å². The monoisotopic (exact) mass is 536 g/mol. The highest BCUT2D eigenvalue weighted by atomic mass is 15.1. The summed E-state index contributed by atoms with van der Waals surface area (Å²) in [6, 6.07) is 51.3. The van der Waals surface area contributed by atoms with Crippen molar-refractivity contribution < 1.29 is 0 Å². The summed E-state index contributed by atoms with van der Waals surface area (Å²) >= 11 is 0. The second-order valence-electron chi connectivity index (χ2n) is 10.7. The minimum absolute atomic E-state index is 0.935. The Labute approximate surface area is 241 Å². The highest BCUT2D eigenvalue weighted by Crippen LogP contribution is 2.36. The number of imidazole rings is 2. The van der Waals surface area contributed by atoms with E-state index in [0.29, 0.717) is 0 Å². The van der Waals surface area contributed by atoms with Gasteiger partial charge in [-0.1, -0.05) is 97.1 Å². The summed E-state index contributed by atoms with van der Waals surface area (Å²) in [5.74, 6) is 0.935. The molecule has 0 amide bonds. The van der Waals surface area contributed by atoms with Crippen LogP contribution in [0.1, 0.15) is 0 Å². The zero-order valence-corrected chi connectivity index (χ0v) is 22.6. The predicted molar refractivity (Wildman–Crippen MR) is 173 cm³/mol. The number of aromatic nitrogens is 4. The Kier molecular flexibility index (Phi) is 4.87. The van der Waals surface area contributed by atoms with Gasteiger partial charge in [-0.3, -0.25) is 8.97 Å². The standard InChI is InChI=1S/C38H24N4/c1-2-10-28(11-3-1)41-35-16-8-5-13-32(35)39-37(41)26-20-18-25(19-21-26)27-22-23-29-30-12-4-7-15-34(30)42-36-17-9-6-14-33(36)40-38(42)31(29)24-27/h1-24H. The van der Waals surface area contributed by atoms with Crippen LogP contribution in [-0.2, 0) is 0 Å². The molecule has 0 radical (unpaired) electrons. The lowest BCUT2D eigenvalue weighted by atomic mass is 9.98. The molecule has 0 saturated heterocycles. The number of pyridine rings is 1. The second-order valence-corrected chi connectivity index (χ2v) is 10.7. The largest absolute Gasteiger partial charge is 0.292 e. The molecule has 0 spiro atoms. The second kappa shape index (κ2) is 8.88. The molecule has 4 heteroatoms. The van der Waals surface area contributed by atoms with E-state index in [4.69, 9.17) is 9.97 Å². The Morgan fingerprint density at radius 2 is 1.02 bits per heavy atom. The highest BCUT2D eigenvalue weighted by molar-refractivity contribution is 6.14. The molecule has 196 valence electrons. The minimum Gasteiger partial charge on any atom is -0.292 e. The fourth-order valence-electron chi connectivity index (χ4n) is 6.36. The third-order valence-electron chi connectivity index (χ3n) is 8.31. The number of fused-ring (bicyclic) bond motifs is 9. The SMILES string of the molecule is c1ccc(-n2c(-c3ccc(-c4ccc5c6ccccc6n6c7ccccc7nc6c5c4)cc3)nc3ccccc32)cc1. The zero-order valence-electron chi connectivity index (χ0n) is 22.6. The Balaban J connectivity index is 1.22. The van der Waals surface area contributed by atoms with E-state index in [1.165, 1.54) is 16.3 Å². The number of benzene rings is 6. The van der Waals surface area contributed by atoms with Crippen LogP contribution in [0.4, 0.5) is 0 Å². The molecule has 0 fully saturated rings. The van der Waals surface area contributed by atoms with E-state index >= 15 is 0 Å². The van der Waals surface area contributed by atoms with Gasteiger partial charge in [-0.15, -0.1) is 0 Å². The van der Waals surface area contributed by atoms with Gasteiger partial charge in [-0.05, 0) is 65.0 Å². The molecule has 6 aromatic carbocycles. The van der Waals surface area contributed by atoms with Gasteiger partial charge in [-0.25, -0.2) is 9.97 Å². The van der Waals surface area contributed by atoms with Crippen LogP contribution in [0.25, 0.3) is 77.6 Å². The molecule has 42 heavy (non-hydrogen) atoms. The van der Waals surface area contributed by atoms with Gasteiger partial charge in [0, 0.05) is 22.0 Å². The normalized spacial score (nSPS) is 11.8. The van der Waals surface area contributed by atoms with Crippen LogP contribution in [0, 0.1) is 0 Å². The molecule has 9 rings (SSSR count). The van der Waals surface area contributed by atoms with Crippen LogP contribution in [0.5, 0.6) is 0 Å². The van der Waals surface area contributed by atoms with Crippen LogP contribution in [0.3, 0.4) is 0 Å². The quantitative estimate of drug-likeness (QED) is 0.211. The predicted octanol–water partition coefficient (Wildman–Crippen LogP) is 9.47. The van der Waals surface area contributed by atoms with Gasteiger partial charge >= 0.3 is 0 Å². The average Bonchev–Trinajstić information content (AvgIpc) is 3.65. The van der Waals surface area contributed by atoms with Crippen LogP contribution < -0.4 is 0 Å². The van der Waals surface area contributed by atoms with Gasteiger partial charge in [0.25, 0.3) is 0 Å². The molecule has 4 nitrogen and oxygen atoms in total. The molecule has 3 heterocycles. The first-order chi connectivity index (χ1) is 20.8. The zero-order chi connectivity index (χ0) is 27.6. The van der Waals surface area contributed by atoms with Crippen molar-refractivity contribution in [3.05, 3.63) is 146 Å². The van der Waals surface area contributed by atoms with E-state index in [1.807, 2.05) is 12.1 Å². The van der Waals surface area contributed by atoms with Crippen molar-refractivity contribution >= 4 is 49.4 Å². The topological polar surface area (TPSA) is 35.1 Å². The van der Waals surface area contributed by atoms with Crippen molar-refractivity contribution in [2.75, 3.05) is 0 Å². The van der Waals surface area contributed by atoms with Crippen molar-refractivity contribution in [3.63, 3.8) is 0 Å². The minimum atomic E-state index is 0.935. The van der Waals surface area contributed by atoms with Crippen molar-refractivity contribution in [2.24, 2.45) is 0 Å². The smallest absolute Gasteiger partial charge is 0.146 e. The van der Waals surface area contributed by atoms with Gasteiger partial charge in [-0.2, -0.15) is 0 Å². The Morgan fingerprint density at radius 3 is 1.83 bits per heavy atom. The van der Waals surface area contributed by atoms with Gasteiger partial charge in [0.15, 0.2) is 0 Å². The van der Waals surface area contributed by atoms with E-state index in [-0.39, 0.29) is 0 Å². The lowest BCUT2D eigenvalue weighted by Crippen LogP contribution is -1.97. The van der Waals surface area contributed by atoms with Gasteiger partial charge < -0.3 is 0 Å². The van der Waals surface area contributed by atoms with Crippen LogP contribution in [0.2, 0.25) is 0 Å². The molecule has 0 aliphatic carbocycles. The van der Waals surface area contributed by atoms with Crippen molar-refractivity contribution in [3.8, 4) is 28.2 Å². The third-order valence-corrected chi connectivity index (χ3v) is 8.31. The van der Waals surface area contributed by atoms with Crippen LogP contribution >= 0.6 is 0 Å². The molecule has 9 aromatic rings. The van der Waals surface area contributed by atoms with Crippen molar-refractivity contribution in [1.29, 1.82) is 0 Å². The Morgan fingerprint density at radius 1 is 0.405 bits per heavy atom. The van der Waals surface area contributed by atoms with Gasteiger partial charge in [0.2, 0.25) is 0 Å². The summed E-state index contributed by atoms with van der Waals surface area (Å²) < 4.78 is 4.54. The molecular formula is C38H24N4. The number of nitrogens with zero attached hydrogens (tertiary/aromatic N) is 4. The Hall–Kier alpha value is -5.74. The summed E-state index contributed by atoms with van der Waals surface area (Å²) in [7, 11) is 0. The highest BCUT2D eigenvalue weighted by Gasteiger charge is 2.16. The molecule has 0 aliphatic heterocycles. The van der Waals surface area contributed by atoms with Gasteiger partial charge in [0.1, 0.15) is 11.5 Å². The maximum absolute atomic E-state index is 5.09. The first-order valence-corrected chi connectivity index (χ1v) is 14.2. The third kappa shape index (κ3) is 3.36. The van der Waals surface area contributed by atoms with Crippen molar-refractivity contribution in [2.45, 2.75) is 0 Å². The number of rotatable bonds is 3. The number of hydrogen-bond donors (Lipinski definition) is 0. The van der Waals surface area contributed by atoms with E-state index in [1.54, 1.807) is 0 Å². The summed E-state index contributed by atoms with van der Waals surface area (Å²) in [5, 5.41) is 3.59. The number of hydrogen-bond acceptors (Lipinski definition) is 2. The molecule has 3 aromatic heterocycles. The first-order valence-electron chi connectivity index (χ1n) is 14.2. The molecule has 0 N–H and O–H groups in total. The average molecular weight is 537 g/mol. The molecular weight excluding hydrogens is 512 g/mol. The van der Waals surface area contributed by atoms with E-state index < -0.39 is 0 Å². The van der Waals surface area contributed by atoms with E-state index in [2.05, 4.69) is 142 Å². The fourth-order valence-corrected chi connectivity index (χ4v) is 6.36. The Bertz CT molecular complexity index is 2450. The molecule has 0 unspecified atom stereocenters. The van der Waals surface area contributed by atoms with E-state index in [9.17, 15) is 0 Å². The summed E-state index contributed by atoms with van der Waals surface area (Å²) in [4.78, 5) is 10.1. The molecule has 0 atom stereocenters. The summed E-state index contributed by atoms with van der Waals surface area (Å²) in [6.07, 6.45) is 0.